The largest absolute Gasteiger partial charge is 0.493 e. The third kappa shape index (κ3) is 4.72. The smallest absolute Gasteiger partial charge is 0.343 e. The second-order valence-electron chi connectivity index (χ2n) is 5.89. The highest BCUT2D eigenvalue weighted by Gasteiger charge is 2.31. The van der Waals surface area contributed by atoms with Gasteiger partial charge in [0.2, 0.25) is 0 Å². The minimum absolute atomic E-state index is 0.189. The predicted octanol–water partition coefficient (Wildman–Crippen LogP) is 4.44. The van der Waals surface area contributed by atoms with E-state index in [1.54, 1.807) is 30.4 Å². The monoisotopic (exact) mass is 429 g/mol. The molecule has 2 aromatic carbocycles. The van der Waals surface area contributed by atoms with Crippen molar-refractivity contribution in [3.8, 4) is 11.5 Å². The number of benzene rings is 2. The number of thiocarbonyl (C=S) groups is 1. The molecule has 1 saturated heterocycles. The van der Waals surface area contributed by atoms with Gasteiger partial charge in [0.1, 0.15) is 10.1 Å². The summed E-state index contributed by atoms with van der Waals surface area (Å²) in [4.78, 5) is 26.6. The summed E-state index contributed by atoms with van der Waals surface area (Å²) in [6, 6.07) is 9.94. The highest BCUT2D eigenvalue weighted by atomic mass is 32.2. The van der Waals surface area contributed by atoms with Crippen LogP contribution in [0.25, 0.3) is 6.08 Å². The molecular weight excluding hydrogens is 413 g/mol. The van der Waals surface area contributed by atoms with Crippen LogP contribution in [0, 0.1) is 5.82 Å². The number of esters is 1. The fraction of sp³-hybridized carbons (Fsp3) is 0.0952. The van der Waals surface area contributed by atoms with E-state index in [2.05, 4.69) is 6.58 Å². The second-order valence-corrected chi connectivity index (χ2v) is 7.56. The van der Waals surface area contributed by atoms with E-state index in [1.165, 1.54) is 48.0 Å². The van der Waals surface area contributed by atoms with E-state index in [9.17, 15) is 14.0 Å². The molecule has 8 heteroatoms. The zero-order chi connectivity index (χ0) is 21.0. The van der Waals surface area contributed by atoms with Gasteiger partial charge in [-0.05, 0) is 48.0 Å². The third-order valence-corrected chi connectivity index (χ3v) is 5.33. The molecular formula is C21H16FNO4S2. The van der Waals surface area contributed by atoms with Crippen molar-refractivity contribution in [2.45, 2.75) is 0 Å². The van der Waals surface area contributed by atoms with Gasteiger partial charge in [-0.15, -0.1) is 6.58 Å². The second kappa shape index (κ2) is 9.02. The van der Waals surface area contributed by atoms with Crippen molar-refractivity contribution in [2.75, 3.05) is 13.7 Å². The van der Waals surface area contributed by atoms with E-state index < -0.39 is 11.8 Å². The Kier molecular flexibility index (Phi) is 6.46. The van der Waals surface area contributed by atoms with Crippen LogP contribution in [0.3, 0.4) is 0 Å². The molecule has 1 heterocycles. The van der Waals surface area contributed by atoms with E-state index in [0.717, 1.165) is 0 Å². The minimum atomic E-state index is -0.638. The van der Waals surface area contributed by atoms with Crippen LogP contribution in [0.1, 0.15) is 15.9 Å². The number of hydrogen-bond donors (Lipinski definition) is 0. The fourth-order valence-corrected chi connectivity index (χ4v) is 3.82. The third-order valence-electron chi connectivity index (χ3n) is 3.95. The lowest BCUT2D eigenvalue weighted by Gasteiger charge is -2.11. The van der Waals surface area contributed by atoms with Crippen LogP contribution in [0.5, 0.6) is 11.5 Å². The van der Waals surface area contributed by atoms with Crippen LogP contribution in [0.2, 0.25) is 0 Å². The Morgan fingerprint density at radius 1 is 1.24 bits per heavy atom. The molecule has 0 spiro atoms. The highest BCUT2D eigenvalue weighted by molar-refractivity contribution is 8.26. The molecule has 148 valence electrons. The van der Waals surface area contributed by atoms with Crippen molar-refractivity contribution < 1.29 is 23.5 Å². The summed E-state index contributed by atoms with van der Waals surface area (Å²) in [7, 11) is 1.44. The molecule has 1 aliphatic rings. The number of carbonyl (C=O) groups excluding carboxylic acids is 2. The van der Waals surface area contributed by atoms with E-state index >= 15 is 0 Å². The van der Waals surface area contributed by atoms with Crippen molar-refractivity contribution in [1.29, 1.82) is 0 Å². The molecule has 0 saturated carbocycles. The summed E-state index contributed by atoms with van der Waals surface area (Å²) in [6.45, 7) is 3.98. The Bertz CT molecular complexity index is 1020. The number of carbonyl (C=O) groups is 2. The lowest BCUT2D eigenvalue weighted by atomic mass is 10.1. The lowest BCUT2D eigenvalue weighted by Crippen LogP contribution is -2.27. The first-order chi connectivity index (χ1) is 13.9. The van der Waals surface area contributed by atoms with Gasteiger partial charge < -0.3 is 9.47 Å². The first-order valence-corrected chi connectivity index (χ1v) is 9.67. The Balaban J connectivity index is 1.81. The Labute approximate surface area is 176 Å². The summed E-state index contributed by atoms with van der Waals surface area (Å²) in [5, 5.41) is 0. The average Bonchev–Trinajstić information content (AvgIpc) is 2.97. The topological polar surface area (TPSA) is 55.8 Å². The van der Waals surface area contributed by atoms with Gasteiger partial charge in [0.05, 0.1) is 17.6 Å². The van der Waals surface area contributed by atoms with Crippen LogP contribution in [-0.2, 0) is 4.79 Å². The number of amides is 1. The zero-order valence-corrected chi connectivity index (χ0v) is 17.0. The Hall–Kier alpha value is -2.97. The summed E-state index contributed by atoms with van der Waals surface area (Å²) < 4.78 is 24.1. The number of halogens is 1. The molecule has 0 aromatic heterocycles. The summed E-state index contributed by atoms with van der Waals surface area (Å²) >= 11 is 6.43. The molecule has 0 unspecified atom stereocenters. The summed E-state index contributed by atoms with van der Waals surface area (Å²) in [5.41, 5.74) is 0.894. The maximum Gasteiger partial charge on any atom is 0.343 e. The van der Waals surface area contributed by atoms with E-state index in [0.29, 0.717) is 27.1 Å². The molecule has 3 rings (SSSR count). The molecule has 0 radical (unpaired) electrons. The SMILES string of the molecule is C=CCN1C(=O)/C(=C/c2ccc(OC(=O)c3ccc(F)cc3)c(OC)c2)SC1=S. The maximum absolute atomic E-state index is 13.0. The lowest BCUT2D eigenvalue weighted by molar-refractivity contribution is -0.121. The van der Waals surface area contributed by atoms with Crippen LogP contribution in [0.15, 0.2) is 60.0 Å². The number of hydrogen-bond acceptors (Lipinski definition) is 6. The Morgan fingerprint density at radius 3 is 2.62 bits per heavy atom. The Morgan fingerprint density at radius 2 is 1.97 bits per heavy atom. The zero-order valence-electron chi connectivity index (χ0n) is 15.4. The normalized spacial score (nSPS) is 15.0. The molecule has 1 amide bonds. The minimum Gasteiger partial charge on any atom is -0.493 e. The van der Waals surface area contributed by atoms with Gasteiger partial charge in [-0.3, -0.25) is 9.69 Å². The van der Waals surface area contributed by atoms with Crippen LogP contribution in [0.4, 0.5) is 4.39 Å². The molecule has 2 aromatic rings. The summed E-state index contributed by atoms with van der Waals surface area (Å²) in [6.07, 6.45) is 3.30. The van der Waals surface area contributed by atoms with Gasteiger partial charge in [-0.1, -0.05) is 36.1 Å². The van der Waals surface area contributed by atoms with Crippen LogP contribution < -0.4 is 9.47 Å². The van der Waals surface area contributed by atoms with Crippen molar-refractivity contribution in [1.82, 2.24) is 4.90 Å². The molecule has 0 bridgehead atoms. The van der Waals surface area contributed by atoms with E-state index in [1.807, 2.05) is 0 Å². The van der Waals surface area contributed by atoms with Gasteiger partial charge >= 0.3 is 5.97 Å². The van der Waals surface area contributed by atoms with Crippen LogP contribution in [-0.4, -0.2) is 34.8 Å². The molecule has 29 heavy (non-hydrogen) atoms. The van der Waals surface area contributed by atoms with Gasteiger partial charge in [0.15, 0.2) is 11.5 Å². The first-order valence-electron chi connectivity index (χ1n) is 8.45. The van der Waals surface area contributed by atoms with Gasteiger partial charge in [-0.2, -0.15) is 0 Å². The highest BCUT2D eigenvalue weighted by Crippen LogP contribution is 2.34. The predicted molar refractivity (Wildman–Crippen MR) is 114 cm³/mol. The van der Waals surface area contributed by atoms with E-state index in [4.69, 9.17) is 21.7 Å². The van der Waals surface area contributed by atoms with E-state index in [-0.39, 0.29) is 17.2 Å². The number of ether oxygens (including phenoxy) is 2. The molecule has 0 aliphatic carbocycles. The van der Waals surface area contributed by atoms with Crippen molar-refractivity contribution >= 4 is 46.3 Å². The quantitative estimate of drug-likeness (QED) is 0.222. The molecule has 1 aliphatic heterocycles. The van der Waals surface area contributed by atoms with Gasteiger partial charge in [0.25, 0.3) is 5.91 Å². The average molecular weight is 429 g/mol. The number of thioether (sulfide) groups is 1. The van der Waals surface area contributed by atoms with Crippen molar-refractivity contribution in [3.63, 3.8) is 0 Å². The number of methoxy groups -OCH3 is 1. The van der Waals surface area contributed by atoms with Crippen LogP contribution >= 0.6 is 24.0 Å². The first kappa shape index (κ1) is 20.8. The van der Waals surface area contributed by atoms with Gasteiger partial charge in [0, 0.05) is 6.54 Å². The molecule has 0 atom stereocenters. The maximum atomic E-state index is 13.0. The summed E-state index contributed by atoms with van der Waals surface area (Å²) in [5.74, 6) is -0.747. The van der Waals surface area contributed by atoms with Crippen molar-refractivity contribution in [3.05, 3.63) is 77.0 Å². The number of rotatable bonds is 6. The van der Waals surface area contributed by atoms with Gasteiger partial charge in [-0.25, -0.2) is 9.18 Å². The van der Waals surface area contributed by atoms with Crippen molar-refractivity contribution in [2.24, 2.45) is 0 Å². The standard InChI is InChI=1S/C21H16FNO4S2/c1-3-10-23-19(24)18(29-21(23)28)12-13-4-9-16(17(11-13)26-2)27-20(25)14-5-7-15(22)8-6-14/h3-9,11-12H,1,10H2,2H3/b18-12-. The molecule has 5 nitrogen and oxygen atoms in total. The molecule has 0 N–H and O–H groups in total. The molecule has 1 fully saturated rings. The number of nitrogens with zero attached hydrogens (tertiary/aromatic N) is 1. The fourth-order valence-electron chi connectivity index (χ4n) is 2.54.